The predicted molar refractivity (Wildman–Crippen MR) is 91.0 cm³/mol. The molecule has 126 valence electrons. The van der Waals surface area contributed by atoms with Gasteiger partial charge >= 0.3 is 0 Å². The first kappa shape index (κ1) is 16.6. The zero-order chi connectivity index (χ0) is 17.1. The van der Waals surface area contributed by atoms with Gasteiger partial charge < -0.3 is 10.2 Å². The van der Waals surface area contributed by atoms with Crippen LogP contribution in [-0.2, 0) is 0 Å². The van der Waals surface area contributed by atoms with E-state index in [9.17, 15) is 9.18 Å². The molecule has 3 rings (SSSR count). The zero-order valence-corrected chi connectivity index (χ0v) is 14.1. The Labute approximate surface area is 144 Å². The molecule has 1 aromatic carbocycles. The molecule has 2 heterocycles. The summed E-state index contributed by atoms with van der Waals surface area (Å²) in [6.07, 6.45) is 3.50. The Morgan fingerprint density at radius 3 is 2.96 bits per heavy atom. The molecule has 1 aromatic heterocycles. The number of carbonyl (C=O) groups excluding carboxylic acids is 1. The van der Waals surface area contributed by atoms with E-state index in [-0.39, 0.29) is 10.9 Å². The average Bonchev–Trinajstić information content (AvgIpc) is 2.58. The van der Waals surface area contributed by atoms with E-state index in [0.717, 1.165) is 25.9 Å². The van der Waals surface area contributed by atoms with E-state index in [1.165, 1.54) is 18.5 Å². The number of amides is 1. The highest BCUT2D eigenvalue weighted by molar-refractivity contribution is 6.31. The SMILES string of the molecule is CC1CCCN(C(=O)c2cc(Nc3ccc(F)c(Cl)c3)ncn2)C1. The van der Waals surface area contributed by atoms with Gasteiger partial charge in [-0.25, -0.2) is 14.4 Å². The molecule has 1 aliphatic rings. The Hall–Kier alpha value is -2.21. The molecule has 1 amide bonds. The minimum absolute atomic E-state index is 0.0210. The van der Waals surface area contributed by atoms with E-state index in [1.807, 2.05) is 4.90 Å². The number of nitrogens with one attached hydrogen (secondary N) is 1. The van der Waals surface area contributed by atoms with Crippen molar-refractivity contribution in [2.24, 2.45) is 5.92 Å². The number of hydrogen-bond donors (Lipinski definition) is 1. The third-order valence-corrected chi connectivity index (χ3v) is 4.31. The van der Waals surface area contributed by atoms with Crippen LogP contribution in [0.3, 0.4) is 0 Å². The molecule has 7 heteroatoms. The van der Waals surface area contributed by atoms with Crippen LogP contribution < -0.4 is 5.32 Å². The topological polar surface area (TPSA) is 58.1 Å². The Balaban J connectivity index is 1.76. The number of likely N-dealkylation sites (tertiary alicyclic amines) is 1. The van der Waals surface area contributed by atoms with Gasteiger partial charge in [0, 0.05) is 24.8 Å². The molecule has 0 saturated carbocycles. The molecule has 24 heavy (non-hydrogen) atoms. The standard InChI is InChI=1S/C17H18ClFN4O/c1-11-3-2-6-23(9-11)17(24)15-8-16(21-10-20-15)22-12-4-5-14(19)13(18)7-12/h4-5,7-8,10-11H,2-3,6,9H2,1H3,(H,20,21,22). The third-order valence-electron chi connectivity index (χ3n) is 4.02. The van der Waals surface area contributed by atoms with Gasteiger partial charge in [0.2, 0.25) is 0 Å². The fourth-order valence-corrected chi connectivity index (χ4v) is 2.98. The molecular formula is C17H18ClFN4O. The maximum atomic E-state index is 13.2. The van der Waals surface area contributed by atoms with Crippen molar-refractivity contribution in [1.82, 2.24) is 14.9 Å². The van der Waals surface area contributed by atoms with Crippen molar-refractivity contribution in [3.63, 3.8) is 0 Å². The second-order valence-electron chi connectivity index (χ2n) is 6.04. The fraction of sp³-hybridized carbons (Fsp3) is 0.353. The normalized spacial score (nSPS) is 17.6. The van der Waals surface area contributed by atoms with Crippen LogP contribution >= 0.6 is 11.6 Å². The number of rotatable bonds is 3. The van der Waals surface area contributed by atoms with Crippen LogP contribution in [0.1, 0.15) is 30.3 Å². The van der Waals surface area contributed by atoms with Crippen LogP contribution in [-0.4, -0.2) is 33.9 Å². The maximum Gasteiger partial charge on any atom is 0.272 e. The summed E-state index contributed by atoms with van der Waals surface area (Å²) in [5.41, 5.74) is 0.930. The summed E-state index contributed by atoms with van der Waals surface area (Å²) >= 11 is 5.77. The highest BCUT2D eigenvalue weighted by atomic mass is 35.5. The molecule has 0 radical (unpaired) electrons. The Bertz CT molecular complexity index is 755. The van der Waals surface area contributed by atoms with Gasteiger partial charge in [-0.1, -0.05) is 18.5 Å². The van der Waals surface area contributed by atoms with E-state index < -0.39 is 5.82 Å². The van der Waals surface area contributed by atoms with Crippen LogP contribution in [0, 0.1) is 11.7 Å². The van der Waals surface area contributed by atoms with Crippen molar-refractivity contribution in [3.05, 3.63) is 47.1 Å². The molecule has 5 nitrogen and oxygen atoms in total. The first-order valence-electron chi connectivity index (χ1n) is 7.86. The Morgan fingerprint density at radius 1 is 1.38 bits per heavy atom. The lowest BCUT2D eigenvalue weighted by atomic mass is 10.00. The maximum absolute atomic E-state index is 13.2. The minimum atomic E-state index is -0.486. The molecule has 1 N–H and O–H groups in total. The van der Waals surface area contributed by atoms with Crippen molar-refractivity contribution in [1.29, 1.82) is 0 Å². The molecule has 1 aliphatic heterocycles. The largest absolute Gasteiger partial charge is 0.340 e. The van der Waals surface area contributed by atoms with Gasteiger partial charge in [0.05, 0.1) is 5.02 Å². The summed E-state index contributed by atoms with van der Waals surface area (Å²) in [4.78, 5) is 22.6. The quantitative estimate of drug-likeness (QED) is 0.914. The summed E-state index contributed by atoms with van der Waals surface area (Å²) in [6.45, 7) is 3.65. The molecule has 0 bridgehead atoms. The molecule has 1 unspecified atom stereocenters. The number of halogens is 2. The van der Waals surface area contributed by atoms with Crippen LogP contribution in [0.2, 0.25) is 5.02 Å². The van der Waals surface area contributed by atoms with Crippen LogP contribution in [0.5, 0.6) is 0 Å². The number of hydrogen-bond acceptors (Lipinski definition) is 4. The van der Waals surface area contributed by atoms with Crippen molar-refractivity contribution in [3.8, 4) is 0 Å². The first-order chi connectivity index (χ1) is 11.5. The lowest BCUT2D eigenvalue weighted by Gasteiger charge is -2.30. The highest BCUT2D eigenvalue weighted by Gasteiger charge is 2.23. The lowest BCUT2D eigenvalue weighted by molar-refractivity contribution is 0.0677. The van der Waals surface area contributed by atoms with Gasteiger partial charge in [-0.15, -0.1) is 0 Å². The van der Waals surface area contributed by atoms with Crippen LogP contribution in [0.4, 0.5) is 15.9 Å². The first-order valence-corrected chi connectivity index (χ1v) is 8.24. The van der Waals surface area contributed by atoms with Crippen LogP contribution in [0.15, 0.2) is 30.6 Å². The number of piperidine rings is 1. The second-order valence-corrected chi connectivity index (χ2v) is 6.45. The van der Waals surface area contributed by atoms with E-state index in [1.54, 1.807) is 12.1 Å². The molecule has 1 fully saturated rings. The minimum Gasteiger partial charge on any atom is -0.340 e. The lowest BCUT2D eigenvalue weighted by Crippen LogP contribution is -2.39. The van der Waals surface area contributed by atoms with E-state index in [0.29, 0.717) is 23.1 Å². The van der Waals surface area contributed by atoms with E-state index in [4.69, 9.17) is 11.6 Å². The number of anilines is 2. The van der Waals surface area contributed by atoms with E-state index >= 15 is 0 Å². The van der Waals surface area contributed by atoms with Gasteiger partial charge in [-0.3, -0.25) is 4.79 Å². The van der Waals surface area contributed by atoms with Crippen LogP contribution in [0.25, 0.3) is 0 Å². The van der Waals surface area contributed by atoms with Crippen molar-refractivity contribution in [2.45, 2.75) is 19.8 Å². The van der Waals surface area contributed by atoms with Gasteiger partial charge in [0.25, 0.3) is 5.91 Å². The number of benzene rings is 1. The zero-order valence-electron chi connectivity index (χ0n) is 13.3. The van der Waals surface area contributed by atoms with Crippen molar-refractivity contribution < 1.29 is 9.18 Å². The highest BCUT2D eigenvalue weighted by Crippen LogP contribution is 2.22. The summed E-state index contributed by atoms with van der Waals surface area (Å²) in [5, 5.41) is 3.03. The molecule has 1 saturated heterocycles. The van der Waals surface area contributed by atoms with Gasteiger partial charge in [-0.2, -0.15) is 0 Å². The number of nitrogens with zero attached hydrogens (tertiary/aromatic N) is 3. The average molecular weight is 349 g/mol. The smallest absolute Gasteiger partial charge is 0.272 e. The summed E-state index contributed by atoms with van der Waals surface area (Å²) < 4.78 is 13.2. The number of carbonyl (C=O) groups is 1. The number of aromatic nitrogens is 2. The molecule has 1 atom stereocenters. The molecular weight excluding hydrogens is 331 g/mol. The molecule has 0 aliphatic carbocycles. The van der Waals surface area contributed by atoms with Crippen molar-refractivity contribution >= 4 is 29.0 Å². The Kier molecular flexibility index (Phi) is 4.94. The van der Waals surface area contributed by atoms with Crippen molar-refractivity contribution in [2.75, 3.05) is 18.4 Å². The van der Waals surface area contributed by atoms with E-state index in [2.05, 4.69) is 22.2 Å². The molecule has 2 aromatic rings. The second kappa shape index (κ2) is 7.13. The van der Waals surface area contributed by atoms with Gasteiger partial charge in [0.1, 0.15) is 23.7 Å². The molecule has 0 spiro atoms. The fourth-order valence-electron chi connectivity index (χ4n) is 2.80. The summed E-state index contributed by atoms with van der Waals surface area (Å²) in [7, 11) is 0. The predicted octanol–water partition coefficient (Wildman–Crippen LogP) is 3.88. The summed E-state index contributed by atoms with van der Waals surface area (Å²) in [5.74, 6) is 0.383. The van der Waals surface area contributed by atoms with Gasteiger partial charge in [0.15, 0.2) is 0 Å². The third kappa shape index (κ3) is 3.82. The monoisotopic (exact) mass is 348 g/mol. The van der Waals surface area contributed by atoms with Gasteiger partial charge in [-0.05, 0) is 37.0 Å². The summed E-state index contributed by atoms with van der Waals surface area (Å²) in [6, 6.07) is 5.88. The Morgan fingerprint density at radius 2 is 2.21 bits per heavy atom.